The number of benzene rings is 1. The van der Waals surface area contributed by atoms with Gasteiger partial charge in [-0.05, 0) is 31.0 Å². The van der Waals surface area contributed by atoms with E-state index >= 15 is 0 Å². The first-order valence-corrected chi connectivity index (χ1v) is 7.18. The number of nitrogens with zero attached hydrogens (tertiary/aromatic N) is 1. The van der Waals surface area contributed by atoms with Crippen molar-refractivity contribution in [2.45, 2.75) is 12.8 Å². The summed E-state index contributed by atoms with van der Waals surface area (Å²) in [6.45, 7) is 1.90. The highest BCUT2D eigenvalue weighted by Crippen LogP contribution is 2.20. The molecule has 114 valence electrons. The van der Waals surface area contributed by atoms with E-state index in [2.05, 4.69) is 5.32 Å². The number of phenolic OH excluding ortho intramolecular Hbond substituents is 1. The quantitative estimate of drug-likeness (QED) is 0.744. The minimum Gasteiger partial charge on any atom is -0.508 e. The summed E-state index contributed by atoms with van der Waals surface area (Å²) in [5.41, 5.74) is 5.81. The van der Waals surface area contributed by atoms with Gasteiger partial charge in [-0.15, -0.1) is 0 Å². The molecule has 21 heavy (non-hydrogen) atoms. The summed E-state index contributed by atoms with van der Waals surface area (Å²) >= 11 is 0. The third kappa shape index (κ3) is 3.95. The van der Waals surface area contributed by atoms with Crippen LogP contribution in [0.4, 0.5) is 0 Å². The summed E-state index contributed by atoms with van der Waals surface area (Å²) in [5.74, 6) is -0.322. The number of rotatable bonds is 4. The fourth-order valence-electron chi connectivity index (χ4n) is 2.54. The standard InChI is InChI=1S/C15H21N3O3/c16-6-7-17-14(20)12-4-2-8-18(10-12)15(21)11-3-1-5-13(19)9-11/h1,3,5,9,12,19H,2,4,6-8,10,16H2,(H,17,20). The van der Waals surface area contributed by atoms with E-state index in [1.54, 1.807) is 17.0 Å². The third-order valence-corrected chi connectivity index (χ3v) is 3.62. The molecule has 1 aliphatic rings. The number of hydrogen-bond acceptors (Lipinski definition) is 4. The highest BCUT2D eigenvalue weighted by Gasteiger charge is 2.28. The first-order chi connectivity index (χ1) is 10.1. The molecule has 1 aliphatic heterocycles. The summed E-state index contributed by atoms with van der Waals surface area (Å²) in [4.78, 5) is 26.0. The molecule has 4 N–H and O–H groups in total. The van der Waals surface area contributed by atoms with Crippen LogP contribution in [0.3, 0.4) is 0 Å². The van der Waals surface area contributed by atoms with Crippen LogP contribution >= 0.6 is 0 Å². The van der Waals surface area contributed by atoms with Gasteiger partial charge >= 0.3 is 0 Å². The molecular formula is C15H21N3O3. The van der Waals surface area contributed by atoms with E-state index in [0.29, 0.717) is 31.7 Å². The summed E-state index contributed by atoms with van der Waals surface area (Å²) in [5, 5.41) is 12.2. The smallest absolute Gasteiger partial charge is 0.254 e. The lowest BCUT2D eigenvalue weighted by atomic mass is 9.96. The first-order valence-electron chi connectivity index (χ1n) is 7.18. The van der Waals surface area contributed by atoms with E-state index in [1.807, 2.05) is 0 Å². The van der Waals surface area contributed by atoms with Crippen molar-refractivity contribution in [3.05, 3.63) is 29.8 Å². The molecular weight excluding hydrogens is 270 g/mol. The molecule has 2 amide bonds. The summed E-state index contributed by atoms with van der Waals surface area (Å²) in [6, 6.07) is 6.27. The van der Waals surface area contributed by atoms with Gasteiger partial charge in [0.1, 0.15) is 5.75 Å². The van der Waals surface area contributed by atoms with Crippen molar-refractivity contribution in [2.24, 2.45) is 11.7 Å². The van der Waals surface area contributed by atoms with E-state index in [-0.39, 0.29) is 23.5 Å². The van der Waals surface area contributed by atoms with E-state index in [9.17, 15) is 14.7 Å². The maximum Gasteiger partial charge on any atom is 0.254 e. The molecule has 1 saturated heterocycles. The third-order valence-electron chi connectivity index (χ3n) is 3.62. The van der Waals surface area contributed by atoms with E-state index < -0.39 is 0 Å². The predicted octanol–water partition coefficient (Wildman–Crippen LogP) is 0.319. The summed E-state index contributed by atoms with van der Waals surface area (Å²) in [7, 11) is 0. The Morgan fingerprint density at radius 3 is 2.95 bits per heavy atom. The van der Waals surface area contributed by atoms with Crippen LogP contribution in [0.1, 0.15) is 23.2 Å². The van der Waals surface area contributed by atoms with Crippen molar-refractivity contribution in [1.82, 2.24) is 10.2 Å². The van der Waals surface area contributed by atoms with Crippen LogP contribution in [0.15, 0.2) is 24.3 Å². The molecule has 6 nitrogen and oxygen atoms in total. The Balaban J connectivity index is 2.00. The van der Waals surface area contributed by atoms with Gasteiger partial charge in [-0.1, -0.05) is 6.07 Å². The largest absolute Gasteiger partial charge is 0.508 e. The molecule has 0 radical (unpaired) electrons. The van der Waals surface area contributed by atoms with Crippen LogP contribution < -0.4 is 11.1 Å². The SMILES string of the molecule is NCCNC(=O)C1CCCN(C(=O)c2cccc(O)c2)C1. The number of piperidine rings is 1. The van der Waals surface area contributed by atoms with E-state index in [1.165, 1.54) is 12.1 Å². The predicted molar refractivity (Wildman–Crippen MR) is 78.8 cm³/mol. The molecule has 1 fully saturated rings. The maximum atomic E-state index is 12.4. The second-order valence-corrected chi connectivity index (χ2v) is 5.22. The first kappa shape index (κ1) is 15.3. The van der Waals surface area contributed by atoms with Crippen molar-refractivity contribution in [1.29, 1.82) is 0 Å². The fraction of sp³-hybridized carbons (Fsp3) is 0.467. The Morgan fingerprint density at radius 1 is 1.43 bits per heavy atom. The fourth-order valence-corrected chi connectivity index (χ4v) is 2.54. The van der Waals surface area contributed by atoms with Gasteiger partial charge in [0.05, 0.1) is 5.92 Å². The number of carbonyl (C=O) groups excluding carboxylic acids is 2. The van der Waals surface area contributed by atoms with Crippen LogP contribution in [0.2, 0.25) is 0 Å². The average Bonchev–Trinajstić information content (AvgIpc) is 2.52. The molecule has 2 rings (SSSR count). The van der Waals surface area contributed by atoms with Crippen molar-refractivity contribution in [3.63, 3.8) is 0 Å². The van der Waals surface area contributed by atoms with Crippen molar-refractivity contribution >= 4 is 11.8 Å². The average molecular weight is 291 g/mol. The molecule has 6 heteroatoms. The highest BCUT2D eigenvalue weighted by atomic mass is 16.3. The number of aromatic hydroxyl groups is 1. The Labute approximate surface area is 123 Å². The molecule has 1 aromatic rings. The summed E-state index contributed by atoms with van der Waals surface area (Å²) < 4.78 is 0. The molecule has 0 aromatic heterocycles. The second-order valence-electron chi connectivity index (χ2n) is 5.22. The van der Waals surface area contributed by atoms with Gasteiger partial charge < -0.3 is 21.1 Å². The molecule has 1 heterocycles. The Hall–Kier alpha value is -2.08. The minimum atomic E-state index is -0.188. The van der Waals surface area contributed by atoms with Crippen LogP contribution in [0.25, 0.3) is 0 Å². The van der Waals surface area contributed by atoms with E-state index in [0.717, 1.165) is 12.8 Å². The number of likely N-dealkylation sites (tertiary alicyclic amines) is 1. The van der Waals surface area contributed by atoms with Gasteiger partial charge in [-0.25, -0.2) is 0 Å². The second kappa shape index (κ2) is 7.08. The normalized spacial score (nSPS) is 18.3. The van der Waals surface area contributed by atoms with Gasteiger partial charge in [0.25, 0.3) is 5.91 Å². The zero-order valence-corrected chi connectivity index (χ0v) is 11.9. The zero-order valence-electron chi connectivity index (χ0n) is 11.9. The monoisotopic (exact) mass is 291 g/mol. The Kier molecular flexibility index (Phi) is 5.16. The van der Waals surface area contributed by atoms with E-state index in [4.69, 9.17) is 5.73 Å². The van der Waals surface area contributed by atoms with Crippen molar-refractivity contribution < 1.29 is 14.7 Å². The van der Waals surface area contributed by atoms with Gasteiger partial charge in [0.15, 0.2) is 0 Å². The lowest BCUT2D eigenvalue weighted by molar-refractivity contribution is -0.126. The van der Waals surface area contributed by atoms with Crippen molar-refractivity contribution in [2.75, 3.05) is 26.2 Å². The highest BCUT2D eigenvalue weighted by molar-refractivity contribution is 5.95. The van der Waals surface area contributed by atoms with Gasteiger partial charge in [-0.2, -0.15) is 0 Å². The number of phenols is 1. The van der Waals surface area contributed by atoms with Gasteiger partial charge in [0.2, 0.25) is 5.91 Å². The molecule has 0 spiro atoms. The molecule has 0 aliphatic carbocycles. The van der Waals surface area contributed by atoms with Gasteiger partial charge in [0, 0.05) is 31.7 Å². The van der Waals surface area contributed by atoms with Crippen molar-refractivity contribution in [3.8, 4) is 5.75 Å². The maximum absolute atomic E-state index is 12.4. The van der Waals surface area contributed by atoms with Crippen LogP contribution in [0.5, 0.6) is 5.75 Å². The van der Waals surface area contributed by atoms with Gasteiger partial charge in [-0.3, -0.25) is 9.59 Å². The molecule has 1 unspecified atom stereocenters. The lowest BCUT2D eigenvalue weighted by Gasteiger charge is -2.32. The molecule has 0 saturated carbocycles. The number of amides is 2. The minimum absolute atomic E-state index is 0.0474. The van der Waals surface area contributed by atoms with Crippen LogP contribution in [-0.4, -0.2) is 48.0 Å². The Morgan fingerprint density at radius 2 is 2.24 bits per heavy atom. The molecule has 0 bridgehead atoms. The zero-order chi connectivity index (χ0) is 15.2. The van der Waals surface area contributed by atoms with Crippen LogP contribution in [-0.2, 0) is 4.79 Å². The van der Waals surface area contributed by atoms with Crippen LogP contribution in [0, 0.1) is 5.92 Å². The number of carbonyl (C=O) groups is 2. The number of nitrogens with two attached hydrogens (primary N) is 1. The lowest BCUT2D eigenvalue weighted by Crippen LogP contribution is -2.46. The topological polar surface area (TPSA) is 95.7 Å². The summed E-state index contributed by atoms with van der Waals surface area (Å²) in [6.07, 6.45) is 1.57. The molecule has 1 aromatic carbocycles. The number of nitrogens with one attached hydrogen (secondary N) is 1. The number of hydrogen-bond donors (Lipinski definition) is 3. The molecule has 1 atom stereocenters. The Bertz CT molecular complexity index is 519.